The quantitative estimate of drug-likeness (QED) is 0.319. The summed E-state index contributed by atoms with van der Waals surface area (Å²) in [5, 5.41) is 9.62. The van der Waals surface area contributed by atoms with Gasteiger partial charge in [0.2, 0.25) is 0 Å². The van der Waals surface area contributed by atoms with E-state index in [0.29, 0.717) is 40.4 Å². The number of rotatable bonds is 8. The maximum Gasteiger partial charge on any atom is 0.335 e. The van der Waals surface area contributed by atoms with Gasteiger partial charge in [0.1, 0.15) is 6.61 Å². The molecule has 0 aliphatic carbocycles. The Kier molecular flexibility index (Phi) is 8.12. The van der Waals surface area contributed by atoms with Crippen LogP contribution in [0.2, 0.25) is 0 Å². The number of ether oxygens (including phenoxy) is 2. The minimum Gasteiger partial charge on any atom is -0.493 e. The van der Waals surface area contributed by atoms with Crippen LogP contribution < -0.4 is 9.47 Å². The zero-order valence-corrected chi connectivity index (χ0v) is 22.0. The third kappa shape index (κ3) is 5.98. The van der Waals surface area contributed by atoms with Gasteiger partial charge < -0.3 is 14.6 Å². The standard InChI is InChI=1S/C27H23BrN2O5S/c1-3-30-25(31)24(36-27(30)29-21-11-7-19(8-12-21)26(32)33)15-18-6-13-22(23(14-18)34-2)35-16-17-4-9-20(28)10-5-17/h4-15H,3,16H2,1-2H3,(H,32,33). The number of hydrogen-bond acceptors (Lipinski definition) is 6. The van der Waals surface area contributed by atoms with Crippen LogP contribution in [0.4, 0.5) is 5.69 Å². The Labute approximate surface area is 221 Å². The number of amidine groups is 1. The van der Waals surface area contributed by atoms with E-state index in [4.69, 9.17) is 14.6 Å². The number of hydrogen-bond donors (Lipinski definition) is 1. The Balaban J connectivity index is 1.53. The molecule has 1 N–H and O–H groups in total. The van der Waals surface area contributed by atoms with Crippen molar-refractivity contribution in [3.05, 3.63) is 92.8 Å². The van der Waals surface area contributed by atoms with Crippen LogP contribution in [0.5, 0.6) is 11.5 Å². The van der Waals surface area contributed by atoms with Crippen LogP contribution in [0.3, 0.4) is 0 Å². The highest BCUT2D eigenvalue weighted by atomic mass is 79.9. The molecule has 0 atom stereocenters. The Morgan fingerprint density at radius 1 is 1.08 bits per heavy atom. The number of likely N-dealkylation sites (N-methyl/N-ethyl adjacent to an activating group) is 1. The summed E-state index contributed by atoms with van der Waals surface area (Å²) in [4.78, 5) is 30.8. The van der Waals surface area contributed by atoms with E-state index in [-0.39, 0.29) is 11.5 Å². The number of nitrogens with zero attached hydrogens (tertiary/aromatic N) is 2. The monoisotopic (exact) mass is 566 g/mol. The maximum absolute atomic E-state index is 13.0. The van der Waals surface area contributed by atoms with Crippen LogP contribution in [0.15, 0.2) is 81.1 Å². The minimum atomic E-state index is -1.000. The number of thioether (sulfide) groups is 1. The van der Waals surface area contributed by atoms with Gasteiger partial charge in [-0.25, -0.2) is 9.79 Å². The summed E-state index contributed by atoms with van der Waals surface area (Å²) < 4.78 is 12.5. The van der Waals surface area contributed by atoms with E-state index in [1.807, 2.05) is 49.4 Å². The molecule has 1 fully saturated rings. The number of aliphatic imine (C=N–C) groups is 1. The number of carboxylic acid groups (broad SMARTS) is 1. The van der Waals surface area contributed by atoms with Crippen molar-refractivity contribution >= 4 is 56.5 Å². The molecule has 0 spiro atoms. The first-order valence-corrected chi connectivity index (χ1v) is 12.7. The Bertz CT molecular complexity index is 1340. The van der Waals surface area contributed by atoms with Crippen molar-refractivity contribution in [3.8, 4) is 11.5 Å². The van der Waals surface area contributed by atoms with E-state index in [2.05, 4.69) is 20.9 Å². The molecule has 0 aromatic heterocycles. The molecule has 7 nitrogen and oxygen atoms in total. The molecule has 36 heavy (non-hydrogen) atoms. The van der Waals surface area contributed by atoms with Gasteiger partial charge in [0, 0.05) is 11.0 Å². The van der Waals surface area contributed by atoms with Crippen molar-refractivity contribution in [2.24, 2.45) is 4.99 Å². The molecule has 1 aliphatic rings. The van der Waals surface area contributed by atoms with Crippen LogP contribution >= 0.6 is 27.7 Å². The van der Waals surface area contributed by atoms with Gasteiger partial charge in [0.25, 0.3) is 5.91 Å². The number of methoxy groups -OCH3 is 1. The number of amides is 1. The van der Waals surface area contributed by atoms with E-state index >= 15 is 0 Å². The number of carboxylic acids is 1. The molecule has 184 valence electrons. The SMILES string of the molecule is CCN1C(=O)C(=Cc2ccc(OCc3ccc(Br)cc3)c(OC)c2)SC1=Nc1ccc(C(=O)O)cc1. The van der Waals surface area contributed by atoms with E-state index < -0.39 is 5.97 Å². The zero-order chi connectivity index (χ0) is 25.7. The van der Waals surface area contributed by atoms with Gasteiger partial charge >= 0.3 is 5.97 Å². The van der Waals surface area contributed by atoms with Crippen LogP contribution in [-0.4, -0.2) is 40.7 Å². The van der Waals surface area contributed by atoms with Crippen molar-refractivity contribution < 1.29 is 24.2 Å². The Hall–Kier alpha value is -3.56. The first-order valence-electron chi connectivity index (χ1n) is 11.1. The summed E-state index contributed by atoms with van der Waals surface area (Å²) >= 11 is 4.70. The predicted molar refractivity (Wildman–Crippen MR) is 145 cm³/mol. The Morgan fingerprint density at radius 2 is 1.81 bits per heavy atom. The van der Waals surface area contributed by atoms with Gasteiger partial charge in [-0.05, 0) is 84.4 Å². The molecule has 0 unspecified atom stereocenters. The topological polar surface area (TPSA) is 88.4 Å². The second-order valence-electron chi connectivity index (χ2n) is 7.73. The smallest absolute Gasteiger partial charge is 0.335 e. The lowest BCUT2D eigenvalue weighted by atomic mass is 10.1. The van der Waals surface area contributed by atoms with Gasteiger partial charge in [-0.3, -0.25) is 9.69 Å². The first-order chi connectivity index (χ1) is 17.4. The van der Waals surface area contributed by atoms with E-state index in [1.54, 1.807) is 30.2 Å². The van der Waals surface area contributed by atoms with E-state index in [0.717, 1.165) is 15.6 Å². The van der Waals surface area contributed by atoms with E-state index in [1.165, 1.54) is 23.9 Å². The molecule has 1 saturated heterocycles. The fourth-order valence-electron chi connectivity index (χ4n) is 3.45. The van der Waals surface area contributed by atoms with Gasteiger partial charge in [-0.2, -0.15) is 0 Å². The highest BCUT2D eigenvalue weighted by molar-refractivity contribution is 9.10. The van der Waals surface area contributed by atoms with Crippen molar-refractivity contribution in [2.75, 3.05) is 13.7 Å². The number of aromatic carboxylic acids is 1. The van der Waals surface area contributed by atoms with Crippen molar-refractivity contribution in [2.45, 2.75) is 13.5 Å². The van der Waals surface area contributed by atoms with Crippen LogP contribution in [0.25, 0.3) is 6.08 Å². The molecular weight excluding hydrogens is 544 g/mol. The first kappa shape index (κ1) is 25.5. The second-order valence-corrected chi connectivity index (χ2v) is 9.66. The van der Waals surface area contributed by atoms with E-state index in [9.17, 15) is 9.59 Å². The molecule has 0 radical (unpaired) electrons. The number of benzene rings is 3. The third-order valence-corrected chi connectivity index (χ3v) is 6.87. The van der Waals surface area contributed by atoms with Gasteiger partial charge in [-0.1, -0.05) is 34.1 Å². The highest BCUT2D eigenvalue weighted by Crippen LogP contribution is 2.36. The zero-order valence-electron chi connectivity index (χ0n) is 19.6. The molecule has 1 amide bonds. The lowest BCUT2D eigenvalue weighted by molar-refractivity contribution is -0.122. The van der Waals surface area contributed by atoms with Gasteiger partial charge in [0.05, 0.1) is 23.3 Å². The molecule has 4 rings (SSSR count). The molecule has 0 saturated carbocycles. The predicted octanol–water partition coefficient (Wildman–Crippen LogP) is 6.36. The summed E-state index contributed by atoms with van der Waals surface area (Å²) in [5.74, 6) is 0.0324. The summed E-state index contributed by atoms with van der Waals surface area (Å²) in [7, 11) is 1.58. The fourth-order valence-corrected chi connectivity index (χ4v) is 4.77. The third-order valence-electron chi connectivity index (χ3n) is 5.34. The molecular formula is C27H23BrN2O5S. The molecule has 9 heteroatoms. The molecule has 3 aromatic carbocycles. The van der Waals surface area contributed by atoms with Crippen molar-refractivity contribution in [3.63, 3.8) is 0 Å². The van der Waals surface area contributed by atoms with Crippen molar-refractivity contribution in [1.29, 1.82) is 0 Å². The van der Waals surface area contributed by atoms with Crippen LogP contribution in [-0.2, 0) is 11.4 Å². The molecule has 1 aliphatic heterocycles. The average Bonchev–Trinajstić information content (AvgIpc) is 3.17. The summed E-state index contributed by atoms with van der Waals surface area (Å²) in [6, 6.07) is 19.6. The number of carbonyl (C=O) groups excluding carboxylic acids is 1. The molecule has 1 heterocycles. The normalized spacial score (nSPS) is 15.5. The highest BCUT2D eigenvalue weighted by Gasteiger charge is 2.32. The average molecular weight is 567 g/mol. The van der Waals surface area contributed by atoms with Crippen molar-refractivity contribution in [1.82, 2.24) is 4.90 Å². The second kappa shape index (κ2) is 11.5. The molecule has 3 aromatic rings. The largest absolute Gasteiger partial charge is 0.493 e. The lowest BCUT2D eigenvalue weighted by Crippen LogP contribution is -2.28. The summed E-state index contributed by atoms with van der Waals surface area (Å²) in [6.45, 7) is 2.74. The molecule has 0 bridgehead atoms. The number of carbonyl (C=O) groups is 2. The fraction of sp³-hybridized carbons (Fsp3) is 0.148. The summed E-state index contributed by atoms with van der Waals surface area (Å²) in [6.07, 6.45) is 1.80. The number of halogens is 1. The van der Waals surface area contributed by atoms with Crippen LogP contribution in [0.1, 0.15) is 28.4 Å². The Morgan fingerprint density at radius 3 is 2.44 bits per heavy atom. The van der Waals surface area contributed by atoms with Gasteiger partial charge in [-0.15, -0.1) is 0 Å². The van der Waals surface area contributed by atoms with Gasteiger partial charge in [0.15, 0.2) is 16.7 Å². The minimum absolute atomic E-state index is 0.141. The maximum atomic E-state index is 13.0. The lowest BCUT2D eigenvalue weighted by Gasteiger charge is -2.12. The van der Waals surface area contributed by atoms with Crippen LogP contribution in [0, 0.1) is 0 Å². The summed E-state index contributed by atoms with van der Waals surface area (Å²) in [5.41, 5.74) is 2.58.